The van der Waals surface area contributed by atoms with E-state index in [0.29, 0.717) is 29.4 Å². The lowest BCUT2D eigenvalue weighted by molar-refractivity contribution is 0.207. The molecule has 0 saturated carbocycles. The summed E-state index contributed by atoms with van der Waals surface area (Å²) in [6.07, 6.45) is 0. The summed E-state index contributed by atoms with van der Waals surface area (Å²) in [6.45, 7) is 1.03. The first kappa shape index (κ1) is 18.6. The molecule has 6 heteroatoms. The topological polar surface area (TPSA) is 32.3 Å². The predicted octanol–water partition coefficient (Wildman–Crippen LogP) is 4.55. The molecule has 0 heterocycles. The van der Waals surface area contributed by atoms with Crippen molar-refractivity contribution in [2.45, 2.75) is 12.3 Å². The first-order valence-corrected chi connectivity index (χ1v) is 9.14. The van der Waals surface area contributed by atoms with E-state index in [-0.39, 0.29) is 11.8 Å². The van der Waals surface area contributed by atoms with Gasteiger partial charge in [0.15, 0.2) is 0 Å². The molecule has 0 radical (unpaired) electrons. The van der Waals surface area contributed by atoms with Crippen molar-refractivity contribution in [3.05, 3.63) is 70.5 Å². The van der Waals surface area contributed by atoms with Crippen molar-refractivity contribution in [2.75, 3.05) is 19.3 Å². The summed E-state index contributed by atoms with van der Waals surface area (Å²) in [7, 11) is 1.74. The summed E-state index contributed by atoms with van der Waals surface area (Å²) in [5.74, 6) is 1.14. The first-order valence-electron chi connectivity index (χ1n) is 7.61. The van der Waals surface area contributed by atoms with Gasteiger partial charge in [0.05, 0.1) is 0 Å². The summed E-state index contributed by atoms with van der Waals surface area (Å²) in [5.41, 5.74) is 1.67. The third-order valence-corrected chi connectivity index (χ3v) is 4.64. The number of nitrogens with one attached hydrogen (secondary N) is 1. The lowest BCUT2D eigenvalue weighted by atomic mass is 10.2. The van der Waals surface area contributed by atoms with E-state index in [9.17, 15) is 9.18 Å². The standard InChI is InChI=1S/C18H20ClFN2OS/c1-22(12-14-5-4-7-16(19)11-14)18(23)21-9-10-24-13-15-6-2-3-8-17(15)20/h2-8,11H,9-10,12-13H2,1H3,(H,21,23). The number of nitrogens with zero attached hydrogens (tertiary/aromatic N) is 1. The molecule has 0 aliphatic rings. The molecule has 128 valence electrons. The summed E-state index contributed by atoms with van der Waals surface area (Å²) in [5, 5.41) is 3.52. The van der Waals surface area contributed by atoms with Gasteiger partial charge in [-0.05, 0) is 29.3 Å². The average molecular weight is 367 g/mol. The van der Waals surface area contributed by atoms with Crippen LogP contribution in [0.4, 0.5) is 9.18 Å². The number of urea groups is 1. The van der Waals surface area contributed by atoms with E-state index in [4.69, 9.17) is 11.6 Å². The summed E-state index contributed by atoms with van der Waals surface area (Å²) < 4.78 is 13.5. The number of halogens is 2. The highest BCUT2D eigenvalue weighted by Crippen LogP contribution is 2.15. The van der Waals surface area contributed by atoms with Crippen LogP contribution in [0.25, 0.3) is 0 Å². The van der Waals surface area contributed by atoms with E-state index < -0.39 is 0 Å². The Hall–Kier alpha value is -1.72. The molecule has 0 spiro atoms. The van der Waals surface area contributed by atoms with Crippen LogP contribution in [0.15, 0.2) is 48.5 Å². The molecule has 0 saturated heterocycles. The third kappa shape index (κ3) is 6.06. The summed E-state index contributed by atoms with van der Waals surface area (Å²) >= 11 is 7.53. The van der Waals surface area contributed by atoms with Crippen LogP contribution in [0.5, 0.6) is 0 Å². The molecule has 0 fully saturated rings. The molecule has 0 aromatic heterocycles. The number of thioether (sulfide) groups is 1. The molecule has 3 nitrogen and oxygen atoms in total. The normalized spacial score (nSPS) is 10.5. The monoisotopic (exact) mass is 366 g/mol. The highest BCUT2D eigenvalue weighted by Gasteiger charge is 2.08. The maximum absolute atomic E-state index is 13.5. The minimum Gasteiger partial charge on any atom is -0.337 e. The lowest BCUT2D eigenvalue weighted by Gasteiger charge is -2.18. The van der Waals surface area contributed by atoms with E-state index in [1.165, 1.54) is 6.07 Å². The zero-order valence-corrected chi connectivity index (χ0v) is 15.0. The van der Waals surface area contributed by atoms with Crippen LogP contribution in [0.1, 0.15) is 11.1 Å². The fraction of sp³-hybridized carbons (Fsp3) is 0.278. The van der Waals surface area contributed by atoms with Crippen molar-refractivity contribution in [3.8, 4) is 0 Å². The Labute approximate surface area is 151 Å². The fourth-order valence-corrected chi connectivity index (χ4v) is 3.20. The summed E-state index contributed by atoms with van der Waals surface area (Å²) in [4.78, 5) is 13.6. The number of hydrogen-bond donors (Lipinski definition) is 1. The van der Waals surface area contributed by atoms with E-state index >= 15 is 0 Å². The molecular weight excluding hydrogens is 347 g/mol. The van der Waals surface area contributed by atoms with Crippen molar-refractivity contribution < 1.29 is 9.18 Å². The Morgan fingerprint density at radius 2 is 2.04 bits per heavy atom. The third-order valence-electron chi connectivity index (χ3n) is 3.39. The molecule has 24 heavy (non-hydrogen) atoms. The summed E-state index contributed by atoms with van der Waals surface area (Å²) in [6, 6.07) is 14.0. The van der Waals surface area contributed by atoms with Crippen LogP contribution in [0.3, 0.4) is 0 Å². The van der Waals surface area contributed by atoms with Gasteiger partial charge in [0, 0.05) is 36.7 Å². The molecule has 2 rings (SSSR count). The molecule has 0 unspecified atom stereocenters. The molecular formula is C18H20ClFN2OS. The minimum atomic E-state index is -0.185. The first-order chi connectivity index (χ1) is 11.6. The Bertz CT molecular complexity index is 684. The second-order valence-corrected chi connectivity index (χ2v) is 6.90. The molecule has 2 aromatic carbocycles. The zero-order valence-electron chi connectivity index (χ0n) is 13.5. The van der Waals surface area contributed by atoms with Gasteiger partial charge >= 0.3 is 6.03 Å². The predicted molar refractivity (Wildman–Crippen MR) is 98.9 cm³/mol. The number of hydrogen-bond acceptors (Lipinski definition) is 2. The van der Waals surface area contributed by atoms with E-state index in [0.717, 1.165) is 11.3 Å². The Kier molecular flexibility index (Phi) is 7.40. The molecule has 0 atom stereocenters. The van der Waals surface area contributed by atoms with Gasteiger partial charge in [-0.15, -0.1) is 0 Å². The van der Waals surface area contributed by atoms with Crippen LogP contribution < -0.4 is 5.32 Å². The van der Waals surface area contributed by atoms with Gasteiger partial charge in [0.1, 0.15) is 5.82 Å². The maximum Gasteiger partial charge on any atom is 0.317 e. The van der Waals surface area contributed by atoms with Crippen molar-refractivity contribution in [3.63, 3.8) is 0 Å². The molecule has 1 N–H and O–H groups in total. The zero-order chi connectivity index (χ0) is 17.4. The average Bonchev–Trinajstić information content (AvgIpc) is 2.56. The highest BCUT2D eigenvalue weighted by molar-refractivity contribution is 7.98. The smallest absolute Gasteiger partial charge is 0.317 e. The van der Waals surface area contributed by atoms with Crippen molar-refractivity contribution >= 4 is 29.4 Å². The molecule has 0 bridgehead atoms. The van der Waals surface area contributed by atoms with Gasteiger partial charge in [-0.2, -0.15) is 11.8 Å². The van der Waals surface area contributed by atoms with Crippen molar-refractivity contribution in [1.82, 2.24) is 10.2 Å². The number of benzene rings is 2. The van der Waals surface area contributed by atoms with Gasteiger partial charge in [-0.1, -0.05) is 41.9 Å². The van der Waals surface area contributed by atoms with Crippen LogP contribution >= 0.6 is 23.4 Å². The number of rotatable bonds is 7. The minimum absolute atomic E-state index is 0.138. The van der Waals surface area contributed by atoms with Gasteiger partial charge in [0.25, 0.3) is 0 Å². The molecule has 2 amide bonds. The molecule has 0 aliphatic carbocycles. The van der Waals surface area contributed by atoms with Crippen LogP contribution in [-0.2, 0) is 12.3 Å². The molecule has 0 aliphatic heterocycles. The van der Waals surface area contributed by atoms with Gasteiger partial charge in [-0.3, -0.25) is 0 Å². The quantitative estimate of drug-likeness (QED) is 0.729. The SMILES string of the molecule is CN(Cc1cccc(Cl)c1)C(=O)NCCSCc1ccccc1F. The van der Waals surface area contributed by atoms with Gasteiger partial charge in [0.2, 0.25) is 0 Å². The van der Waals surface area contributed by atoms with E-state index in [1.807, 2.05) is 24.3 Å². The second-order valence-electron chi connectivity index (χ2n) is 5.36. The van der Waals surface area contributed by atoms with Crippen molar-refractivity contribution in [1.29, 1.82) is 0 Å². The number of carbonyl (C=O) groups is 1. The van der Waals surface area contributed by atoms with Crippen LogP contribution in [0, 0.1) is 5.82 Å². The Morgan fingerprint density at radius 1 is 1.25 bits per heavy atom. The Balaban J connectivity index is 1.66. The van der Waals surface area contributed by atoms with E-state index in [2.05, 4.69) is 5.32 Å². The van der Waals surface area contributed by atoms with Crippen LogP contribution in [-0.4, -0.2) is 30.3 Å². The Morgan fingerprint density at radius 3 is 2.79 bits per heavy atom. The number of amides is 2. The molecule has 2 aromatic rings. The van der Waals surface area contributed by atoms with Gasteiger partial charge in [-0.25, -0.2) is 9.18 Å². The highest BCUT2D eigenvalue weighted by atomic mass is 35.5. The van der Waals surface area contributed by atoms with E-state index in [1.54, 1.807) is 41.9 Å². The fourth-order valence-electron chi connectivity index (χ4n) is 2.14. The van der Waals surface area contributed by atoms with Crippen molar-refractivity contribution in [2.24, 2.45) is 0 Å². The largest absolute Gasteiger partial charge is 0.337 e. The second kappa shape index (κ2) is 9.55. The van der Waals surface area contributed by atoms with Gasteiger partial charge < -0.3 is 10.2 Å². The van der Waals surface area contributed by atoms with Crippen LogP contribution in [0.2, 0.25) is 5.02 Å². The number of carbonyl (C=O) groups excluding carboxylic acids is 1. The lowest BCUT2D eigenvalue weighted by Crippen LogP contribution is -2.37. The maximum atomic E-state index is 13.5.